The van der Waals surface area contributed by atoms with E-state index in [0.29, 0.717) is 11.8 Å². The standard InChI is InChI=1S/C11H23N3O/c1-5-6-13-11(14-12)10-7(2)8(3)15-9(10)4/h7-10H,5-6,12H2,1-4H3,(H,13,14). The molecule has 4 nitrogen and oxygen atoms in total. The number of nitrogens with zero attached hydrogens (tertiary/aromatic N) is 1. The van der Waals surface area contributed by atoms with Crippen molar-refractivity contribution in [2.75, 3.05) is 6.54 Å². The van der Waals surface area contributed by atoms with E-state index in [-0.39, 0.29) is 12.2 Å². The minimum Gasteiger partial charge on any atom is -0.374 e. The lowest BCUT2D eigenvalue weighted by Crippen LogP contribution is -2.41. The van der Waals surface area contributed by atoms with Crippen molar-refractivity contribution in [2.45, 2.75) is 46.3 Å². The zero-order valence-corrected chi connectivity index (χ0v) is 10.2. The molecule has 15 heavy (non-hydrogen) atoms. The topological polar surface area (TPSA) is 59.6 Å². The third kappa shape index (κ3) is 2.69. The van der Waals surface area contributed by atoms with Crippen molar-refractivity contribution in [1.82, 2.24) is 5.43 Å². The van der Waals surface area contributed by atoms with Crippen LogP contribution in [-0.2, 0) is 4.74 Å². The predicted octanol–water partition coefficient (Wildman–Crippen LogP) is 1.32. The lowest BCUT2D eigenvalue weighted by molar-refractivity contribution is 0.0549. The van der Waals surface area contributed by atoms with Gasteiger partial charge in [-0.05, 0) is 26.2 Å². The summed E-state index contributed by atoms with van der Waals surface area (Å²) in [6, 6.07) is 0. The van der Waals surface area contributed by atoms with Crippen molar-refractivity contribution in [3.8, 4) is 0 Å². The Hall–Kier alpha value is -0.610. The van der Waals surface area contributed by atoms with Gasteiger partial charge in [0.05, 0.1) is 12.2 Å². The number of hydrogen-bond donors (Lipinski definition) is 2. The number of amidine groups is 1. The first-order valence-corrected chi connectivity index (χ1v) is 5.78. The highest BCUT2D eigenvalue weighted by molar-refractivity contribution is 5.85. The number of nitrogens with two attached hydrogens (primary N) is 1. The molecule has 0 saturated carbocycles. The molecule has 0 spiro atoms. The maximum absolute atomic E-state index is 5.77. The quantitative estimate of drug-likeness (QED) is 0.322. The third-order valence-electron chi connectivity index (χ3n) is 3.21. The molecule has 0 bridgehead atoms. The Kier molecular flexibility index (Phi) is 4.54. The molecule has 1 fully saturated rings. The molecule has 0 aromatic heterocycles. The summed E-state index contributed by atoms with van der Waals surface area (Å²) in [6.45, 7) is 9.32. The number of aliphatic imine (C=N–C) groups is 1. The largest absolute Gasteiger partial charge is 0.374 e. The monoisotopic (exact) mass is 213 g/mol. The van der Waals surface area contributed by atoms with Crippen LogP contribution in [0.4, 0.5) is 0 Å². The molecule has 4 unspecified atom stereocenters. The van der Waals surface area contributed by atoms with E-state index in [0.717, 1.165) is 18.8 Å². The number of ether oxygens (including phenoxy) is 1. The van der Waals surface area contributed by atoms with Crippen LogP contribution in [-0.4, -0.2) is 24.6 Å². The van der Waals surface area contributed by atoms with Crippen LogP contribution in [0, 0.1) is 11.8 Å². The smallest absolute Gasteiger partial charge is 0.116 e. The van der Waals surface area contributed by atoms with E-state index in [4.69, 9.17) is 10.6 Å². The molecule has 4 heteroatoms. The molecule has 88 valence electrons. The molecule has 1 heterocycles. The average Bonchev–Trinajstić information content (AvgIpc) is 2.45. The summed E-state index contributed by atoms with van der Waals surface area (Å²) in [4.78, 5) is 4.48. The lowest BCUT2D eigenvalue weighted by Gasteiger charge is -2.20. The molecular formula is C11H23N3O. The van der Waals surface area contributed by atoms with Crippen molar-refractivity contribution in [3.63, 3.8) is 0 Å². The second-order valence-electron chi connectivity index (χ2n) is 4.34. The molecule has 0 aliphatic carbocycles. The third-order valence-corrected chi connectivity index (χ3v) is 3.21. The summed E-state index contributed by atoms with van der Waals surface area (Å²) in [5.74, 6) is 7.18. The molecule has 1 saturated heterocycles. The zero-order chi connectivity index (χ0) is 11.4. The van der Waals surface area contributed by atoms with Crippen LogP contribution in [0.5, 0.6) is 0 Å². The van der Waals surface area contributed by atoms with Gasteiger partial charge < -0.3 is 10.2 Å². The minimum atomic E-state index is 0.196. The molecule has 1 rings (SSSR count). The summed E-state index contributed by atoms with van der Waals surface area (Å²) in [6.07, 6.45) is 1.52. The fraction of sp³-hybridized carbons (Fsp3) is 0.909. The highest BCUT2D eigenvalue weighted by atomic mass is 16.5. The van der Waals surface area contributed by atoms with Crippen molar-refractivity contribution < 1.29 is 4.74 Å². The van der Waals surface area contributed by atoms with Gasteiger partial charge in [-0.15, -0.1) is 0 Å². The van der Waals surface area contributed by atoms with Gasteiger partial charge in [-0.2, -0.15) is 0 Å². The van der Waals surface area contributed by atoms with Gasteiger partial charge in [-0.3, -0.25) is 4.99 Å². The second kappa shape index (κ2) is 5.47. The fourth-order valence-corrected chi connectivity index (χ4v) is 2.22. The molecule has 0 amide bonds. The second-order valence-corrected chi connectivity index (χ2v) is 4.34. The molecule has 3 N–H and O–H groups in total. The highest BCUT2D eigenvalue weighted by Gasteiger charge is 2.39. The summed E-state index contributed by atoms with van der Waals surface area (Å²) >= 11 is 0. The van der Waals surface area contributed by atoms with Crippen LogP contribution in [0.25, 0.3) is 0 Å². The van der Waals surface area contributed by atoms with Gasteiger partial charge in [0.15, 0.2) is 0 Å². The average molecular weight is 213 g/mol. The van der Waals surface area contributed by atoms with E-state index in [1.54, 1.807) is 0 Å². The van der Waals surface area contributed by atoms with Gasteiger partial charge in [-0.25, -0.2) is 5.84 Å². The van der Waals surface area contributed by atoms with Crippen LogP contribution in [0.1, 0.15) is 34.1 Å². The van der Waals surface area contributed by atoms with Crippen LogP contribution >= 0.6 is 0 Å². The Balaban J connectivity index is 2.75. The van der Waals surface area contributed by atoms with Gasteiger partial charge in [0.2, 0.25) is 0 Å². The summed E-state index contributed by atoms with van der Waals surface area (Å²) < 4.78 is 5.77. The molecular weight excluding hydrogens is 190 g/mol. The summed E-state index contributed by atoms with van der Waals surface area (Å²) in [7, 11) is 0. The van der Waals surface area contributed by atoms with Crippen molar-refractivity contribution in [2.24, 2.45) is 22.7 Å². The fourth-order valence-electron chi connectivity index (χ4n) is 2.22. The van der Waals surface area contributed by atoms with E-state index in [9.17, 15) is 0 Å². The summed E-state index contributed by atoms with van der Waals surface area (Å²) in [5, 5.41) is 0. The molecule has 0 radical (unpaired) electrons. The van der Waals surface area contributed by atoms with E-state index >= 15 is 0 Å². The number of hydrazine groups is 1. The Bertz CT molecular complexity index is 230. The summed E-state index contributed by atoms with van der Waals surface area (Å²) in [5.41, 5.74) is 2.73. The van der Waals surface area contributed by atoms with Crippen LogP contribution < -0.4 is 11.3 Å². The molecule has 1 aliphatic heterocycles. The maximum Gasteiger partial charge on any atom is 0.116 e. The van der Waals surface area contributed by atoms with Gasteiger partial charge in [0, 0.05) is 12.5 Å². The van der Waals surface area contributed by atoms with E-state index in [2.05, 4.69) is 38.1 Å². The van der Waals surface area contributed by atoms with E-state index in [1.165, 1.54) is 0 Å². The van der Waals surface area contributed by atoms with Crippen LogP contribution in [0.2, 0.25) is 0 Å². The van der Waals surface area contributed by atoms with Crippen molar-refractivity contribution >= 4 is 5.84 Å². The first kappa shape index (κ1) is 12.5. The Labute approximate surface area is 92.3 Å². The molecule has 0 aromatic rings. The first-order chi connectivity index (χ1) is 7.11. The van der Waals surface area contributed by atoms with Gasteiger partial charge >= 0.3 is 0 Å². The number of rotatable bonds is 3. The Morgan fingerprint density at radius 2 is 2.00 bits per heavy atom. The SMILES string of the molecule is CCCN=C(NN)C1C(C)OC(C)C1C. The first-order valence-electron chi connectivity index (χ1n) is 5.78. The number of hydrogen-bond acceptors (Lipinski definition) is 3. The highest BCUT2D eigenvalue weighted by Crippen LogP contribution is 2.32. The lowest BCUT2D eigenvalue weighted by atomic mass is 9.88. The normalized spacial score (nSPS) is 37.0. The Morgan fingerprint density at radius 3 is 2.40 bits per heavy atom. The van der Waals surface area contributed by atoms with E-state index < -0.39 is 0 Å². The van der Waals surface area contributed by atoms with Gasteiger partial charge in [0.25, 0.3) is 0 Å². The molecule has 4 atom stereocenters. The Morgan fingerprint density at radius 1 is 1.33 bits per heavy atom. The molecule has 0 aromatic carbocycles. The van der Waals surface area contributed by atoms with Crippen molar-refractivity contribution in [3.05, 3.63) is 0 Å². The maximum atomic E-state index is 5.77. The van der Waals surface area contributed by atoms with Crippen LogP contribution in [0.3, 0.4) is 0 Å². The van der Waals surface area contributed by atoms with Gasteiger partial charge in [0.1, 0.15) is 5.84 Å². The van der Waals surface area contributed by atoms with E-state index in [1.807, 2.05) is 0 Å². The van der Waals surface area contributed by atoms with Gasteiger partial charge in [-0.1, -0.05) is 13.8 Å². The van der Waals surface area contributed by atoms with Crippen molar-refractivity contribution in [1.29, 1.82) is 0 Å². The molecule has 1 aliphatic rings. The van der Waals surface area contributed by atoms with Crippen LogP contribution in [0.15, 0.2) is 4.99 Å². The predicted molar refractivity (Wildman–Crippen MR) is 62.6 cm³/mol. The minimum absolute atomic E-state index is 0.196. The number of nitrogens with one attached hydrogen (secondary N) is 1. The zero-order valence-electron chi connectivity index (χ0n) is 10.2.